The van der Waals surface area contributed by atoms with Crippen molar-refractivity contribution in [3.8, 4) is 5.75 Å². The van der Waals surface area contributed by atoms with Gasteiger partial charge in [-0.25, -0.2) is 4.79 Å². The van der Waals surface area contributed by atoms with Crippen molar-refractivity contribution in [2.45, 2.75) is 32.6 Å². The van der Waals surface area contributed by atoms with E-state index in [2.05, 4.69) is 6.92 Å². The van der Waals surface area contributed by atoms with Crippen LogP contribution in [-0.4, -0.2) is 16.9 Å². The lowest BCUT2D eigenvalue weighted by molar-refractivity contribution is -0.269. The maximum absolute atomic E-state index is 11.8. The largest absolute Gasteiger partial charge is 0.872 e. The van der Waals surface area contributed by atoms with Gasteiger partial charge in [0.1, 0.15) is 0 Å². The standard InChI is InChI=1S/C13H16O4/c1-2-3-4-6-9-7-5-8-10(11(9)14)12(15)13(16)17/h5,7-8,14H,2-4,6H2,1H3,(H,16,17)/p-1. The smallest absolute Gasteiger partial charge is 0.377 e. The predicted molar refractivity (Wildman–Crippen MR) is 61.1 cm³/mol. The Labute approximate surface area is 99.9 Å². The summed E-state index contributed by atoms with van der Waals surface area (Å²) in [6, 6.07) is 4.47. The number of carbonyl (C=O) groups is 2. The summed E-state index contributed by atoms with van der Waals surface area (Å²) >= 11 is 0. The number of para-hydroxylation sites is 1. The van der Waals surface area contributed by atoms with E-state index in [1.807, 2.05) is 0 Å². The molecule has 0 bridgehead atoms. The number of carboxylic acids is 1. The van der Waals surface area contributed by atoms with E-state index in [-0.39, 0.29) is 5.56 Å². The number of benzene rings is 1. The number of carboxylic acid groups (broad SMARTS) is 1. The SMILES string of the molecule is CCCCCc1cccc(C(=O)C(=O)O)c1[O-]. The van der Waals surface area contributed by atoms with E-state index in [0.717, 1.165) is 19.3 Å². The molecule has 4 nitrogen and oxygen atoms in total. The normalized spacial score (nSPS) is 10.2. The minimum absolute atomic E-state index is 0.244. The van der Waals surface area contributed by atoms with E-state index in [1.165, 1.54) is 6.07 Å². The van der Waals surface area contributed by atoms with Crippen molar-refractivity contribution >= 4 is 11.8 Å². The molecule has 0 aliphatic heterocycles. The summed E-state index contributed by atoms with van der Waals surface area (Å²) in [5, 5.41) is 20.4. The Kier molecular flexibility index (Phi) is 4.69. The lowest BCUT2D eigenvalue weighted by Crippen LogP contribution is -2.16. The van der Waals surface area contributed by atoms with Gasteiger partial charge in [0.05, 0.1) is 0 Å². The zero-order chi connectivity index (χ0) is 12.8. The van der Waals surface area contributed by atoms with Crippen molar-refractivity contribution < 1.29 is 19.8 Å². The van der Waals surface area contributed by atoms with Crippen molar-refractivity contribution in [2.75, 3.05) is 0 Å². The van der Waals surface area contributed by atoms with Gasteiger partial charge in [-0.05, 0) is 12.8 Å². The second-order valence-corrected chi connectivity index (χ2v) is 3.89. The van der Waals surface area contributed by atoms with E-state index in [0.29, 0.717) is 12.0 Å². The van der Waals surface area contributed by atoms with Crippen molar-refractivity contribution in [1.82, 2.24) is 0 Å². The number of unbranched alkanes of at least 4 members (excludes halogenated alkanes) is 2. The maximum atomic E-state index is 11.8. The molecule has 1 rings (SSSR count). The Balaban J connectivity index is 2.91. The fourth-order valence-corrected chi connectivity index (χ4v) is 1.64. The number of rotatable bonds is 6. The van der Waals surface area contributed by atoms with Crippen LogP contribution < -0.4 is 5.11 Å². The molecule has 0 spiro atoms. The molecule has 0 aromatic heterocycles. The molecule has 0 fully saturated rings. The summed E-state index contributed by atoms with van der Waals surface area (Å²) in [4.78, 5) is 21.8. The molecule has 0 aliphatic carbocycles. The highest BCUT2D eigenvalue weighted by Gasteiger charge is 2.15. The van der Waals surface area contributed by atoms with Crippen LogP contribution in [0.5, 0.6) is 5.75 Å². The molecule has 0 unspecified atom stereocenters. The van der Waals surface area contributed by atoms with Crippen LogP contribution in [0, 0.1) is 0 Å². The van der Waals surface area contributed by atoms with E-state index in [1.54, 1.807) is 12.1 Å². The van der Waals surface area contributed by atoms with Gasteiger partial charge in [-0.2, -0.15) is 0 Å². The molecule has 0 aliphatic rings. The fourth-order valence-electron chi connectivity index (χ4n) is 1.64. The maximum Gasteiger partial charge on any atom is 0.377 e. The number of hydrogen-bond donors (Lipinski definition) is 1. The highest BCUT2D eigenvalue weighted by Crippen LogP contribution is 2.22. The molecule has 1 N–H and O–H groups in total. The second kappa shape index (κ2) is 6.03. The van der Waals surface area contributed by atoms with Gasteiger partial charge >= 0.3 is 5.97 Å². The van der Waals surface area contributed by atoms with Crippen LogP contribution in [0.4, 0.5) is 0 Å². The Hall–Kier alpha value is -1.84. The summed E-state index contributed by atoms with van der Waals surface area (Å²) < 4.78 is 0. The van der Waals surface area contributed by atoms with E-state index < -0.39 is 17.5 Å². The minimum Gasteiger partial charge on any atom is -0.872 e. The average molecular weight is 235 g/mol. The van der Waals surface area contributed by atoms with Gasteiger partial charge in [0, 0.05) is 5.56 Å². The topological polar surface area (TPSA) is 77.4 Å². The predicted octanol–water partition coefficient (Wildman–Crippen LogP) is 1.76. The summed E-state index contributed by atoms with van der Waals surface area (Å²) in [5.41, 5.74) is 0.275. The van der Waals surface area contributed by atoms with Crippen LogP contribution in [0.2, 0.25) is 0 Å². The molecule has 0 saturated carbocycles. The summed E-state index contributed by atoms with van der Waals surface area (Å²) in [6.45, 7) is 2.06. The number of hydrogen-bond acceptors (Lipinski definition) is 3. The van der Waals surface area contributed by atoms with Crippen LogP contribution in [0.25, 0.3) is 0 Å². The average Bonchev–Trinajstić information content (AvgIpc) is 2.30. The van der Waals surface area contributed by atoms with E-state index in [9.17, 15) is 14.7 Å². The third kappa shape index (κ3) is 3.31. The highest BCUT2D eigenvalue weighted by molar-refractivity contribution is 6.40. The Bertz CT molecular complexity index is 423. The van der Waals surface area contributed by atoms with Crippen molar-refractivity contribution in [3.63, 3.8) is 0 Å². The second-order valence-electron chi connectivity index (χ2n) is 3.89. The summed E-state index contributed by atoms with van der Waals surface area (Å²) in [6.07, 6.45) is 3.52. The van der Waals surface area contributed by atoms with Crippen molar-refractivity contribution in [3.05, 3.63) is 29.3 Å². The molecular weight excluding hydrogens is 220 g/mol. The molecule has 92 valence electrons. The van der Waals surface area contributed by atoms with Gasteiger partial charge in [-0.15, -0.1) is 0 Å². The van der Waals surface area contributed by atoms with E-state index >= 15 is 0 Å². The lowest BCUT2D eigenvalue weighted by Gasteiger charge is -2.16. The Morgan fingerprint density at radius 2 is 2.00 bits per heavy atom. The van der Waals surface area contributed by atoms with Gasteiger partial charge in [0.15, 0.2) is 0 Å². The van der Waals surface area contributed by atoms with Gasteiger partial charge in [0.2, 0.25) is 0 Å². The molecule has 0 atom stereocenters. The Morgan fingerprint density at radius 1 is 1.29 bits per heavy atom. The first kappa shape index (κ1) is 13.2. The van der Waals surface area contributed by atoms with Gasteiger partial charge in [0.25, 0.3) is 5.78 Å². The molecule has 0 heterocycles. The van der Waals surface area contributed by atoms with E-state index in [4.69, 9.17) is 5.11 Å². The van der Waals surface area contributed by atoms with Crippen molar-refractivity contribution in [2.24, 2.45) is 0 Å². The number of carbonyl (C=O) groups excluding carboxylic acids is 1. The lowest BCUT2D eigenvalue weighted by atomic mass is 10.0. The zero-order valence-electron chi connectivity index (χ0n) is 9.73. The summed E-state index contributed by atoms with van der Waals surface area (Å²) in [7, 11) is 0. The molecule has 0 amide bonds. The van der Waals surface area contributed by atoms with Crippen LogP contribution in [0.15, 0.2) is 18.2 Å². The highest BCUT2D eigenvalue weighted by atomic mass is 16.4. The van der Waals surface area contributed by atoms with Gasteiger partial charge in [-0.1, -0.05) is 49.3 Å². The molecule has 0 radical (unpaired) electrons. The quantitative estimate of drug-likeness (QED) is 0.463. The number of aliphatic carboxylic acids is 1. The Morgan fingerprint density at radius 3 is 2.59 bits per heavy atom. The number of aryl methyl sites for hydroxylation is 1. The molecule has 1 aromatic rings. The van der Waals surface area contributed by atoms with Gasteiger partial charge in [-0.3, -0.25) is 4.79 Å². The number of ketones is 1. The first-order valence-electron chi connectivity index (χ1n) is 5.64. The van der Waals surface area contributed by atoms with Crippen LogP contribution in [-0.2, 0) is 11.2 Å². The summed E-state index contributed by atoms with van der Waals surface area (Å²) in [5.74, 6) is -3.17. The van der Waals surface area contributed by atoms with Crippen LogP contribution in [0.1, 0.15) is 42.1 Å². The fraction of sp³-hybridized carbons (Fsp3) is 0.385. The molecule has 4 heteroatoms. The monoisotopic (exact) mass is 235 g/mol. The third-order valence-electron chi connectivity index (χ3n) is 2.59. The molecule has 17 heavy (non-hydrogen) atoms. The first-order valence-corrected chi connectivity index (χ1v) is 5.64. The number of Topliss-reactive ketones (excluding diaryl/α,β-unsaturated/α-hetero) is 1. The van der Waals surface area contributed by atoms with Gasteiger partial charge < -0.3 is 10.2 Å². The molecule has 1 aromatic carbocycles. The van der Waals surface area contributed by atoms with Crippen LogP contribution >= 0.6 is 0 Å². The first-order chi connectivity index (χ1) is 8.07. The zero-order valence-corrected chi connectivity index (χ0v) is 9.73. The molecular formula is C13H15O4-. The third-order valence-corrected chi connectivity index (χ3v) is 2.59. The minimum atomic E-state index is -1.59. The van der Waals surface area contributed by atoms with Crippen LogP contribution in [0.3, 0.4) is 0 Å². The molecule has 0 saturated heterocycles. The van der Waals surface area contributed by atoms with Crippen molar-refractivity contribution in [1.29, 1.82) is 0 Å².